The maximum atomic E-state index is 13.8. The van der Waals surface area contributed by atoms with Crippen molar-refractivity contribution in [2.75, 3.05) is 20.0 Å². The number of aromatic nitrogens is 1. The number of fused-ring (bicyclic) bond motifs is 1. The monoisotopic (exact) mass is 550 g/mol. The van der Waals surface area contributed by atoms with Crippen molar-refractivity contribution in [3.8, 4) is 11.5 Å². The molecule has 38 heavy (non-hydrogen) atoms. The minimum Gasteiger partial charge on any atom is -0.493 e. The van der Waals surface area contributed by atoms with Gasteiger partial charge in [-0.3, -0.25) is 14.2 Å². The molecule has 1 aliphatic rings. The Bertz CT molecular complexity index is 1620. The van der Waals surface area contributed by atoms with E-state index in [1.54, 1.807) is 43.0 Å². The van der Waals surface area contributed by atoms with E-state index in [-0.39, 0.29) is 17.9 Å². The predicted octanol–water partition coefficient (Wildman–Crippen LogP) is 3.62. The number of ether oxygens (including phenoxy) is 3. The van der Waals surface area contributed by atoms with Crippen molar-refractivity contribution in [2.45, 2.75) is 24.8 Å². The fraction of sp³-hybridized carbons (Fsp3) is 0.214. The van der Waals surface area contributed by atoms with Gasteiger partial charge >= 0.3 is 11.9 Å². The maximum Gasteiger partial charge on any atom is 0.338 e. The first-order chi connectivity index (χ1) is 18.3. The van der Waals surface area contributed by atoms with Gasteiger partial charge in [-0.15, -0.1) is 11.8 Å². The third-order valence-electron chi connectivity index (χ3n) is 5.74. The molecular formula is C28H26N2O6S2. The molecule has 1 aliphatic heterocycles. The van der Waals surface area contributed by atoms with Crippen LogP contribution in [0.1, 0.15) is 31.0 Å². The summed E-state index contributed by atoms with van der Waals surface area (Å²) in [6.45, 7) is 6.70. The summed E-state index contributed by atoms with van der Waals surface area (Å²) in [5.41, 5.74) is 1.93. The first-order valence-corrected chi connectivity index (χ1v) is 13.6. The number of carbonyl (C=O) groups is 2. The highest BCUT2D eigenvalue weighted by atomic mass is 32.2. The molecule has 0 aliphatic carbocycles. The van der Waals surface area contributed by atoms with Gasteiger partial charge in [0.1, 0.15) is 6.61 Å². The molecule has 1 aromatic heterocycles. The predicted molar refractivity (Wildman–Crippen MR) is 147 cm³/mol. The van der Waals surface area contributed by atoms with Crippen LogP contribution in [0.2, 0.25) is 0 Å². The highest BCUT2D eigenvalue weighted by Gasteiger charge is 2.33. The topological polar surface area (TPSA) is 96.2 Å². The fourth-order valence-electron chi connectivity index (χ4n) is 4.06. The lowest BCUT2D eigenvalue weighted by Crippen LogP contribution is -2.39. The lowest BCUT2D eigenvalue weighted by molar-refractivity contribution is -0.138. The van der Waals surface area contributed by atoms with Crippen LogP contribution in [-0.2, 0) is 14.3 Å². The Labute approximate surface area is 227 Å². The number of nitrogens with zero attached hydrogens (tertiary/aromatic N) is 2. The Hall–Kier alpha value is -3.89. The molecule has 4 rings (SSSR count). The van der Waals surface area contributed by atoms with E-state index in [1.807, 2.05) is 30.5 Å². The normalized spacial score (nSPS) is 14.9. The molecule has 10 heteroatoms. The molecule has 0 saturated carbocycles. The van der Waals surface area contributed by atoms with Gasteiger partial charge in [-0.25, -0.2) is 9.79 Å². The summed E-state index contributed by atoms with van der Waals surface area (Å²) in [5, 5.41) is 0. The van der Waals surface area contributed by atoms with Crippen molar-refractivity contribution >= 4 is 41.1 Å². The Morgan fingerprint density at radius 3 is 2.55 bits per heavy atom. The van der Waals surface area contributed by atoms with E-state index < -0.39 is 18.0 Å². The minimum absolute atomic E-state index is 0.0450. The van der Waals surface area contributed by atoms with Crippen LogP contribution >= 0.6 is 23.1 Å². The van der Waals surface area contributed by atoms with Crippen molar-refractivity contribution < 1.29 is 23.8 Å². The number of thioether (sulfide) groups is 1. The average molecular weight is 551 g/mol. The van der Waals surface area contributed by atoms with Gasteiger partial charge in [0.25, 0.3) is 5.56 Å². The number of rotatable bonds is 8. The zero-order valence-corrected chi connectivity index (χ0v) is 23.0. The molecule has 2 heterocycles. The van der Waals surface area contributed by atoms with Gasteiger partial charge in [0.15, 0.2) is 16.3 Å². The Kier molecular flexibility index (Phi) is 8.33. The van der Waals surface area contributed by atoms with Crippen LogP contribution in [-0.4, -0.2) is 36.5 Å². The SMILES string of the molecule is C=CCOC(=O)C1=C(C)N=c2sc(=Cc3ccc(OC(C)=O)c(OC)c3)c(=O)n2C1c1ccc(SC)cc1. The van der Waals surface area contributed by atoms with Gasteiger partial charge in [-0.05, 0) is 54.6 Å². The third-order valence-corrected chi connectivity index (χ3v) is 7.47. The number of hydrogen-bond donors (Lipinski definition) is 0. The summed E-state index contributed by atoms with van der Waals surface area (Å²) in [6.07, 6.45) is 5.19. The van der Waals surface area contributed by atoms with Gasteiger partial charge in [0.05, 0.1) is 29.0 Å². The average Bonchev–Trinajstić information content (AvgIpc) is 3.21. The summed E-state index contributed by atoms with van der Waals surface area (Å²) in [4.78, 5) is 44.4. The molecule has 0 fully saturated rings. The van der Waals surface area contributed by atoms with Crippen LogP contribution in [0.5, 0.6) is 11.5 Å². The molecule has 1 unspecified atom stereocenters. The van der Waals surface area contributed by atoms with E-state index in [2.05, 4.69) is 11.6 Å². The number of thiazole rings is 1. The standard InChI is InChI=1S/C28H26N2O6S2/c1-6-13-35-27(33)24-16(2)29-28-30(25(24)19-8-10-20(37-5)11-9-19)26(32)23(38-28)15-18-7-12-21(36-17(3)31)22(14-18)34-4/h6-12,14-15,25H,1,13H2,2-5H3. The molecule has 0 radical (unpaired) electrons. The summed E-state index contributed by atoms with van der Waals surface area (Å²) in [6, 6.07) is 12.0. The van der Waals surface area contributed by atoms with Gasteiger partial charge in [0.2, 0.25) is 0 Å². The van der Waals surface area contributed by atoms with E-state index in [0.29, 0.717) is 31.9 Å². The van der Waals surface area contributed by atoms with Crippen molar-refractivity contribution in [2.24, 2.45) is 4.99 Å². The van der Waals surface area contributed by atoms with E-state index in [9.17, 15) is 14.4 Å². The second kappa shape index (κ2) is 11.7. The molecule has 8 nitrogen and oxygen atoms in total. The molecule has 0 spiro atoms. The third kappa shape index (κ3) is 5.51. The minimum atomic E-state index is -0.706. The number of benzene rings is 2. The first-order valence-electron chi connectivity index (χ1n) is 11.6. The summed E-state index contributed by atoms with van der Waals surface area (Å²) in [7, 11) is 1.47. The second-order valence-corrected chi connectivity index (χ2v) is 10.1. The molecule has 3 aromatic rings. The smallest absolute Gasteiger partial charge is 0.338 e. The van der Waals surface area contributed by atoms with E-state index in [1.165, 1.54) is 36.0 Å². The maximum absolute atomic E-state index is 13.8. The van der Waals surface area contributed by atoms with E-state index in [4.69, 9.17) is 14.2 Å². The molecule has 0 amide bonds. The van der Waals surface area contributed by atoms with Crippen molar-refractivity contribution in [1.82, 2.24) is 4.57 Å². The van der Waals surface area contributed by atoms with Crippen LogP contribution in [0.3, 0.4) is 0 Å². The molecule has 0 saturated heterocycles. The molecule has 2 aromatic carbocycles. The summed E-state index contributed by atoms with van der Waals surface area (Å²) >= 11 is 2.82. The van der Waals surface area contributed by atoms with E-state index in [0.717, 1.165) is 10.5 Å². The fourth-order valence-corrected chi connectivity index (χ4v) is 5.52. The van der Waals surface area contributed by atoms with Gasteiger partial charge in [-0.1, -0.05) is 42.2 Å². The second-order valence-electron chi connectivity index (χ2n) is 8.25. The quantitative estimate of drug-likeness (QED) is 0.183. The van der Waals surface area contributed by atoms with E-state index >= 15 is 0 Å². The Balaban J connectivity index is 1.87. The van der Waals surface area contributed by atoms with Crippen LogP contribution in [0.25, 0.3) is 6.08 Å². The molecule has 0 N–H and O–H groups in total. The highest BCUT2D eigenvalue weighted by Crippen LogP contribution is 2.32. The zero-order chi connectivity index (χ0) is 27.4. The van der Waals surface area contributed by atoms with Crippen molar-refractivity contribution in [3.05, 3.63) is 97.2 Å². The summed E-state index contributed by atoms with van der Waals surface area (Å²) < 4.78 is 17.9. The Morgan fingerprint density at radius 1 is 1.18 bits per heavy atom. The van der Waals surface area contributed by atoms with Crippen LogP contribution in [0.15, 0.2) is 81.1 Å². The van der Waals surface area contributed by atoms with Crippen molar-refractivity contribution in [3.63, 3.8) is 0 Å². The molecule has 1 atom stereocenters. The largest absolute Gasteiger partial charge is 0.493 e. The molecule has 0 bridgehead atoms. The molecule has 196 valence electrons. The lowest BCUT2D eigenvalue weighted by Gasteiger charge is -2.24. The number of allylic oxidation sites excluding steroid dienone is 1. The number of methoxy groups -OCH3 is 1. The Morgan fingerprint density at radius 2 is 1.92 bits per heavy atom. The van der Waals surface area contributed by atoms with Crippen LogP contribution in [0, 0.1) is 0 Å². The number of esters is 2. The first kappa shape index (κ1) is 27.2. The number of hydrogen-bond acceptors (Lipinski definition) is 9. The van der Waals surface area contributed by atoms with Gasteiger partial charge in [0, 0.05) is 11.8 Å². The highest BCUT2D eigenvalue weighted by molar-refractivity contribution is 7.98. The zero-order valence-electron chi connectivity index (χ0n) is 21.3. The van der Waals surface area contributed by atoms with Crippen LogP contribution < -0.4 is 24.4 Å². The number of carbonyl (C=O) groups excluding carboxylic acids is 2. The van der Waals surface area contributed by atoms with Crippen LogP contribution in [0.4, 0.5) is 0 Å². The van der Waals surface area contributed by atoms with Gasteiger partial charge < -0.3 is 14.2 Å². The van der Waals surface area contributed by atoms with Crippen molar-refractivity contribution in [1.29, 1.82) is 0 Å². The lowest BCUT2D eigenvalue weighted by atomic mass is 9.96. The molecular weight excluding hydrogens is 524 g/mol. The summed E-state index contributed by atoms with van der Waals surface area (Å²) in [5.74, 6) is -0.375. The van der Waals surface area contributed by atoms with Gasteiger partial charge in [-0.2, -0.15) is 0 Å².